The summed E-state index contributed by atoms with van der Waals surface area (Å²) in [5.41, 5.74) is 6.22. The molecule has 0 radical (unpaired) electrons. The van der Waals surface area contributed by atoms with Crippen LogP contribution in [0.2, 0.25) is 0 Å². The van der Waals surface area contributed by atoms with Gasteiger partial charge < -0.3 is 11.1 Å². The largest absolute Gasteiger partial charge is 0.384 e. The van der Waals surface area contributed by atoms with Crippen LogP contribution in [-0.4, -0.2) is 10.9 Å². The van der Waals surface area contributed by atoms with Crippen LogP contribution in [0.5, 0.6) is 0 Å². The van der Waals surface area contributed by atoms with Crippen LogP contribution in [0.1, 0.15) is 32.6 Å². The van der Waals surface area contributed by atoms with E-state index in [1.807, 2.05) is 0 Å². The van der Waals surface area contributed by atoms with Gasteiger partial charge in [-0.15, -0.1) is 0 Å². The number of pyridine rings is 1. The quantitative estimate of drug-likeness (QED) is 0.824. The van der Waals surface area contributed by atoms with Crippen molar-refractivity contribution in [1.29, 1.82) is 0 Å². The van der Waals surface area contributed by atoms with Gasteiger partial charge in [-0.2, -0.15) is 0 Å². The van der Waals surface area contributed by atoms with E-state index in [-0.39, 0.29) is 11.8 Å². The van der Waals surface area contributed by atoms with Gasteiger partial charge in [-0.3, -0.25) is 4.79 Å². The number of hydrogen-bond donors (Lipinski definition) is 2. The van der Waals surface area contributed by atoms with Crippen LogP contribution in [-0.2, 0) is 4.79 Å². The van der Waals surface area contributed by atoms with Crippen molar-refractivity contribution in [3.8, 4) is 0 Å². The lowest BCUT2D eigenvalue weighted by Crippen LogP contribution is -2.26. The van der Waals surface area contributed by atoms with Crippen molar-refractivity contribution in [2.75, 3.05) is 11.1 Å². The highest BCUT2D eigenvalue weighted by atomic mass is 16.1. The number of hydrogen-bond acceptors (Lipinski definition) is 3. The fourth-order valence-corrected chi connectivity index (χ4v) is 2.25. The minimum Gasteiger partial charge on any atom is -0.384 e. The van der Waals surface area contributed by atoms with Crippen LogP contribution in [0.15, 0.2) is 18.3 Å². The molecule has 1 aromatic rings. The van der Waals surface area contributed by atoms with Crippen molar-refractivity contribution in [2.45, 2.75) is 32.6 Å². The van der Waals surface area contributed by atoms with Gasteiger partial charge >= 0.3 is 0 Å². The van der Waals surface area contributed by atoms with Crippen LogP contribution >= 0.6 is 0 Å². The third-order valence-electron chi connectivity index (χ3n) is 3.44. The summed E-state index contributed by atoms with van der Waals surface area (Å²) >= 11 is 0. The molecule has 2 rings (SSSR count). The van der Waals surface area contributed by atoms with E-state index in [9.17, 15) is 4.79 Å². The number of carbonyl (C=O) groups excluding carboxylic acids is 1. The molecule has 1 fully saturated rings. The number of nitrogen functional groups attached to an aromatic ring is 1. The first-order valence-electron chi connectivity index (χ1n) is 6.17. The number of anilines is 2. The summed E-state index contributed by atoms with van der Waals surface area (Å²) in [5, 5.41) is 2.90. The van der Waals surface area contributed by atoms with Crippen LogP contribution < -0.4 is 11.1 Å². The van der Waals surface area contributed by atoms with E-state index in [0.29, 0.717) is 5.82 Å². The number of nitrogens with zero attached hydrogens (tertiary/aromatic N) is 1. The number of aromatic nitrogens is 1. The zero-order valence-corrected chi connectivity index (χ0v) is 10.1. The van der Waals surface area contributed by atoms with E-state index >= 15 is 0 Å². The summed E-state index contributed by atoms with van der Waals surface area (Å²) in [6.07, 6.45) is 5.89. The molecule has 0 saturated heterocycles. The van der Waals surface area contributed by atoms with Gasteiger partial charge in [0.1, 0.15) is 5.82 Å². The Morgan fingerprint density at radius 2 is 2.06 bits per heavy atom. The van der Waals surface area contributed by atoms with Gasteiger partial charge in [-0.1, -0.05) is 6.92 Å². The van der Waals surface area contributed by atoms with Crippen molar-refractivity contribution in [1.82, 2.24) is 4.98 Å². The summed E-state index contributed by atoms with van der Waals surface area (Å²) in [7, 11) is 0. The molecule has 0 spiro atoms. The van der Waals surface area contributed by atoms with E-state index in [2.05, 4.69) is 17.2 Å². The molecule has 4 heteroatoms. The number of amides is 1. The first kappa shape index (κ1) is 11.9. The van der Waals surface area contributed by atoms with Gasteiger partial charge in [0.15, 0.2) is 0 Å². The van der Waals surface area contributed by atoms with Crippen molar-refractivity contribution < 1.29 is 4.79 Å². The third-order valence-corrected chi connectivity index (χ3v) is 3.44. The SMILES string of the molecule is CC1CCC(C(=O)Nc2ccc(N)nc2)CC1. The molecule has 0 atom stereocenters. The average Bonchev–Trinajstić information content (AvgIpc) is 2.33. The molecule has 0 unspecified atom stereocenters. The lowest BCUT2D eigenvalue weighted by molar-refractivity contribution is -0.121. The fraction of sp³-hybridized carbons (Fsp3) is 0.538. The molecule has 1 saturated carbocycles. The summed E-state index contributed by atoms with van der Waals surface area (Å²) in [6, 6.07) is 3.48. The molecule has 3 N–H and O–H groups in total. The highest BCUT2D eigenvalue weighted by molar-refractivity contribution is 5.92. The Hall–Kier alpha value is -1.58. The molecule has 1 aromatic heterocycles. The summed E-state index contributed by atoms with van der Waals surface area (Å²) in [5.74, 6) is 1.50. The number of rotatable bonds is 2. The Labute approximate surface area is 102 Å². The first-order chi connectivity index (χ1) is 8.15. The maximum atomic E-state index is 12.0. The minimum absolute atomic E-state index is 0.114. The van der Waals surface area contributed by atoms with Crippen LogP contribution in [0.25, 0.3) is 0 Å². The van der Waals surface area contributed by atoms with Gasteiger partial charge in [-0.25, -0.2) is 4.98 Å². The van der Waals surface area contributed by atoms with Crippen molar-refractivity contribution in [2.24, 2.45) is 11.8 Å². The highest BCUT2D eigenvalue weighted by Crippen LogP contribution is 2.29. The summed E-state index contributed by atoms with van der Waals surface area (Å²) < 4.78 is 0. The van der Waals surface area contributed by atoms with Crippen molar-refractivity contribution in [3.63, 3.8) is 0 Å². The number of carbonyl (C=O) groups is 1. The molecule has 1 amide bonds. The Morgan fingerprint density at radius 3 is 2.65 bits per heavy atom. The highest BCUT2D eigenvalue weighted by Gasteiger charge is 2.24. The van der Waals surface area contributed by atoms with Gasteiger partial charge in [0, 0.05) is 5.92 Å². The Morgan fingerprint density at radius 1 is 1.35 bits per heavy atom. The lowest BCUT2D eigenvalue weighted by Gasteiger charge is -2.25. The van der Waals surface area contributed by atoms with E-state index < -0.39 is 0 Å². The zero-order valence-electron chi connectivity index (χ0n) is 10.1. The average molecular weight is 233 g/mol. The molecule has 1 aliphatic carbocycles. The van der Waals surface area contributed by atoms with Crippen LogP contribution in [0.3, 0.4) is 0 Å². The predicted molar refractivity (Wildman–Crippen MR) is 68.4 cm³/mol. The molecule has 92 valence electrons. The molecule has 0 bridgehead atoms. The van der Waals surface area contributed by atoms with E-state index in [0.717, 1.165) is 37.3 Å². The zero-order chi connectivity index (χ0) is 12.3. The second-order valence-corrected chi connectivity index (χ2v) is 4.92. The lowest BCUT2D eigenvalue weighted by atomic mass is 9.82. The summed E-state index contributed by atoms with van der Waals surface area (Å²) in [6.45, 7) is 2.25. The van der Waals surface area contributed by atoms with Gasteiger partial charge in [0.05, 0.1) is 11.9 Å². The number of nitrogens with two attached hydrogens (primary N) is 1. The second kappa shape index (κ2) is 5.17. The minimum atomic E-state index is 0.114. The summed E-state index contributed by atoms with van der Waals surface area (Å²) in [4.78, 5) is 15.9. The molecule has 1 aliphatic rings. The topological polar surface area (TPSA) is 68.0 Å². The maximum absolute atomic E-state index is 12.0. The Bertz CT molecular complexity index is 380. The predicted octanol–water partition coefficient (Wildman–Crippen LogP) is 2.43. The molecule has 1 heterocycles. The van der Waals surface area contributed by atoms with E-state index in [1.165, 1.54) is 0 Å². The van der Waals surface area contributed by atoms with E-state index in [1.54, 1.807) is 18.3 Å². The van der Waals surface area contributed by atoms with Crippen molar-refractivity contribution in [3.05, 3.63) is 18.3 Å². The second-order valence-electron chi connectivity index (χ2n) is 4.92. The smallest absolute Gasteiger partial charge is 0.227 e. The van der Waals surface area contributed by atoms with Crippen LogP contribution in [0, 0.1) is 11.8 Å². The Balaban J connectivity index is 1.90. The normalized spacial score (nSPS) is 24.3. The molecule has 4 nitrogen and oxygen atoms in total. The number of nitrogens with one attached hydrogen (secondary N) is 1. The Kier molecular flexibility index (Phi) is 3.61. The van der Waals surface area contributed by atoms with Crippen molar-refractivity contribution >= 4 is 17.4 Å². The molecular formula is C13H19N3O. The van der Waals surface area contributed by atoms with Gasteiger partial charge in [0.2, 0.25) is 5.91 Å². The van der Waals surface area contributed by atoms with Gasteiger partial charge in [-0.05, 0) is 43.7 Å². The van der Waals surface area contributed by atoms with E-state index in [4.69, 9.17) is 5.73 Å². The molecule has 0 aromatic carbocycles. The standard InChI is InChI=1S/C13H19N3O/c1-9-2-4-10(5-3-9)13(17)16-11-6-7-12(14)15-8-11/h6-10H,2-5H2,1H3,(H2,14,15)(H,16,17). The van der Waals surface area contributed by atoms with Gasteiger partial charge in [0.25, 0.3) is 0 Å². The fourth-order valence-electron chi connectivity index (χ4n) is 2.25. The maximum Gasteiger partial charge on any atom is 0.227 e. The molecule has 17 heavy (non-hydrogen) atoms. The third kappa shape index (κ3) is 3.19. The van der Waals surface area contributed by atoms with Crippen LogP contribution in [0.4, 0.5) is 11.5 Å². The monoisotopic (exact) mass is 233 g/mol. The molecular weight excluding hydrogens is 214 g/mol. The first-order valence-corrected chi connectivity index (χ1v) is 6.17. The molecule has 0 aliphatic heterocycles.